The number of rotatable bonds is 5. The summed E-state index contributed by atoms with van der Waals surface area (Å²) in [6.45, 7) is 9.72. The Hall–Kier alpha value is -3.06. The molecule has 0 saturated carbocycles. The quantitative estimate of drug-likeness (QED) is 0.253. The largest absolute Gasteiger partial charge is 0.377 e. The molecule has 2 aromatic heterocycles. The highest BCUT2D eigenvalue weighted by Gasteiger charge is 2.29. The number of amides is 2. The molecule has 2 aliphatic rings. The predicted molar refractivity (Wildman–Crippen MR) is 152 cm³/mol. The zero-order chi connectivity index (χ0) is 25.9. The number of morpholine rings is 1. The average Bonchev–Trinajstić information content (AvgIpc) is 2.88. The summed E-state index contributed by atoms with van der Waals surface area (Å²) >= 11 is 2.15. The maximum absolute atomic E-state index is 12.1. The zero-order valence-electron chi connectivity index (χ0n) is 21.2. The summed E-state index contributed by atoms with van der Waals surface area (Å²) in [7, 11) is 0. The van der Waals surface area contributed by atoms with Crippen LogP contribution < -0.4 is 20.4 Å². The number of urea groups is 1. The Morgan fingerprint density at radius 3 is 2.73 bits per heavy atom. The Labute approximate surface area is 230 Å². The van der Waals surface area contributed by atoms with Crippen molar-refractivity contribution in [3.8, 4) is 11.4 Å². The molecule has 10 nitrogen and oxygen atoms in total. The van der Waals surface area contributed by atoms with Gasteiger partial charge in [-0.1, -0.05) is 22.6 Å². The summed E-state index contributed by atoms with van der Waals surface area (Å²) in [5, 5.41) is 5.69. The second-order valence-electron chi connectivity index (χ2n) is 9.39. The van der Waals surface area contributed by atoms with E-state index in [1.807, 2.05) is 44.2 Å². The van der Waals surface area contributed by atoms with Crippen LogP contribution in [-0.2, 0) is 17.7 Å². The molecule has 2 N–H and O–H groups in total. The molecule has 0 radical (unpaired) electrons. The van der Waals surface area contributed by atoms with Gasteiger partial charge in [-0.05, 0) is 51.5 Å². The number of carbonyl (C=O) groups excluding carboxylic acids is 1. The molecular weight excluding hydrogens is 583 g/mol. The van der Waals surface area contributed by atoms with Gasteiger partial charge in [-0.3, -0.25) is 0 Å². The number of halogens is 1. The molecule has 2 amide bonds. The number of aryl methyl sites for hydroxylation is 1. The maximum Gasteiger partial charge on any atom is 0.320 e. The topological polar surface area (TPSA) is 108 Å². The smallest absolute Gasteiger partial charge is 0.320 e. The van der Waals surface area contributed by atoms with Crippen molar-refractivity contribution < 1.29 is 9.53 Å². The number of alkyl halides is 1. The number of nitrogens with zero attached hydrogens (tertiary/aromatic N) is 6. The molecule has 0 aliphatic carbocycles. The van der Waals surface area contributed by atoms with Crippen molar-refractivity contribution in [1.29, 1.82) is 0 Å². The standard InChI is InChI=1S/C26H31IN8O2/c1-16-12-23(29-15-28-16)34-9-8-21-22(13-34)32-24(33-25(21)35-10-11-37-14-17(35)2)19-4-6-20(7-5-19)31-26(36)30-18(3)27/h4-7,12,15,17-18H,8-11,13-14H2,1-3H3,(H2,30,31,36). The monoisotopic (exact) mass is 614 g/mol. The Morgan fingerprint density at radius 2 is 2.00 bits per heavy atom. The molecule has 1 aromatic carbocycles. The predicted octanol–water partition coefficient (Wildman–Crippen LogP) is 3.93. The number of nitrogens with one attached hydrogen (secondary N) is 2. The van der Waals surface area contributed by atoms with Gasteiger partial charge in [0.2, 0.25) is 0 Å². The van der Waals surface area contributed by atoms with E-state index in [9.17, 15) is 4.79 Å². The zero-order valence-corrected chi connectivity index (χ0v) is 23.4. The number of fused-ring (bicyclic) bond motifs is 1. The number of hydrogen-bond acceptors (Lipinski definition) is 8. The number of benzene rings is 1. The van der Waals surface area contributed by atoms with Crippen LogP contribution in [0.4, 0.5) is 22.1 Å². The maximum atomic E-state index is 12.1. The Bertz CT molecular complexity index is 1270. The SMILES string of the molecule is Cc1cc(N2CCc3c(nc(-c4ccc(NC(=O)NC(C)I)cc4)nc3N3CCOCC3C)C2)ncn1. The molecule has 37 heavy (non-hydrogen) atoms. The van der Waals surface area contributed by atoms with E-state index in [0.717, 1.165) is 48.1 Å². The lowest BCUT2D eigenvalue weighted by molar-refractivity contribution is 0.0984. The molecule has 2 aliphatic heterocycles. The van der Waals surface area contributed by atoms with Crippen LogP contribution >= 0.6 is 22.6 Å². The summed E-state index contributed by atoms with van der Waals surface area (Å²) in [4.78, 5) is 35.5. The van der Waals surface area contributed by atoms with E-state index < -0.39 is 0 Å². The average molecular weight is 614 g/mol. The van der Waals surface area contributed by atoms with E-state index in [0.29, 0.717) is 31.3 Å². The second-order valence-corrected chi connectivity index (χ2v) is 11.3. The molecular formula is C26H31IN8O2. The van der Waals surface area contributed by atoms with E-state index in [1.165, 1.54) is 5.56 Å². The van der Waals surface area contributed by atoms with Gasteiger partial charge in [0, 0.05) is 41.7 Å². The van der Waals surface area contributed by atoms with Gasteiger partial charge < -0.3 is 25.2 Å². The molecule has 0 bridgehead atoms. The Balaban J connectivity index is 1.48. The third-order valence-corrected chi connectivity index (χ3v) is 6.84. The van der Waals surface area contributed by atoms with Crippen molar-refractivity contribution in [3.05, 3.63) is 53.6 Å². The van der Waals surface area contributed by atoms with Crippen LogP contribution in [-0.4, -0.2) is 62.4 Å². The van der Waals surface area contributed by atoms with Crippen molar-refractivity contribution in [2.75, 3.05) is 41.4 Å². The molecule has 2 unspecified atom stereocenters. The molecule has 1 saturated heterocycles. The van der Waals surface area contributed by atoms with Gasteiger partial charge in [-0.15, -0.1) is 0 Å². The fourth-order valence-electron chi connectivity index (χ4n) is 4.68. The van der Waals surface area contributed by atoms with E-state index in [2.05, 4.69) is 59.9 Å². The van der Waals surface area contributed by atoms with Crippen LogP contribution in [0.2, 0.25) is 0 Å². The summed E-state index contributed by atoms with van der Waals surface area (Å²) in [5.74, 6) is 2.58. The highest BCUT2D eigenvalue weighted by molar-refractivity contribution is 14.1. The second kappa shape index (κ2) is 11.1. The highest BCUT2D eigenvalue weighted by Crippen LogP contribution is 2.32. The Kier molecular flexibility index (Phi) is 7.70. The van der Waals surface area contributed by atoms with Crippen LogP contribution in [0.1, 0.15) is 30.8 Å². The van der Waals surface area contributed by atoms with E-state index in [4.69, 9.17) is 14.7 Å². The Morgan fingerprint density at radius 1 is 1.19 bits per heavy atom. The first-order valence-corrected chi connectivity index (χ1v) is 13.7. The van der Waals surface area contributed by atoms with E-state index in [1.54, 1.807) is 6.33 Å². The van der Waals surface area contributed by atoms with Crippen LogP contribution in [0, 0.1) is 6.92 Å². The first-order valence-electron chi connectivity index (χ1n) is 12.5. The third kappa shape index (κ3) is 5.93. The number of carbonyl (C=O) groups is 1. The van der Waals surface area contributed by atoms with E-state index >= 15 is 0 Å². The highest BCUT2D eigenvalue weighted by atomic mass is 127. The summed E-state index contributed by atoms with van der Waals surface area (Å²) in [5.41, 5.74) is 4.76. The lowest BCUT2D eigenvalue weighted by Crippen LogP contribution is -2.45. The van der Waals surface area contributed by atoms with Crippen LogP contribution in [0.15, 0.2) is 36.7 Å². The molecule has 4 heterocycles. The van der Waals surface area contributed by atoms with Gasteiger partial charge in [0.05, 0.1) is 35.5 Å². The van der Waals surface area contributed by atoms with Crippen LogP contribution in [0.5, 0.6) is 0 Å². The molecule has 194 valence electrons. The minimum absolute atomic E-state index is 0.0348. The van der Waals surface area contributed by atoms with Crippen molar-refractivity contribution in [2.24, 2.45) is 0 Å². The third-order valence-electron chi connectivity index (χ3n) is 6.53. The number of anilines is 3. The first kappa shape index (κ1) is 25.6. The lowest BCUT2D eigenvalue weighted by atomic mass is 10.0. The molecule has 2 atom stereocenters. The molecule has 3 aromatic rings. The summed E-state index contributed by atoms with van der Waals surface area (Å²) in [6, 6.07) is 9.67. The number of hydrogen-bond donors (Lipinski definition) is 2. The van der Waals surface area contributed by atoms with Gasteiger partial charge in [0.15, 0.2) is 5.82 Å². The summed E-state index contributed by atoms with van der Waals surface area (Å²) in [6.07, 6.45) is 2.45. The molecule has 5 rings (SSSR count). The minimum Gasteiger partial charge on any atom is -0.377 e. The molecule has 0 spiro atoms. The summed E-state index contributed by atoms with van der Waals surface area (Å²) < 4.78 is 5.73. The lowest BCUT2D eigenvalue weighted by Gasteiger charge is -2.38. The van der Waals surface area contributed by atoms with Crippen molar-refractivity contribution in [3.63, 3.8) is 0 Å². The minimum atomic E-state index is -0.233. The fraction of sp³-hybridized carbons (Fsp3) is 0.423. The van der Waals surface area contributed by atoms with Gasteiger partial charge in [-0.2, -0.15) is 0 Å². The molecule has 11 heteroatoms. The number of ether oxygens (including phenoxy) is 1. The van der Waals surface area contributed by atoms with Crippen LogP contribution in [0.3, 0.4) is 0 Å². The van der Waals surface area contributed by atoms with Gasteiger partial charge in [0.25, 0.3) is 0 Å². The fourth-order valence-corrected chi connectivity index (χ4v) is 4.96. The van der Waals surface area contributed by atoms with Crippen molar-refractivity contribution in [2.45, 2.75) is 43.8 Å². The molecule has 1 fully saturated rings. The van der Waals surface area contributed by atoms with Gasteiger partial charge in [0.1, 0.15) is 18.0 Å². The van der Waals surface area contributed by atoms with E-state index in [-0.39, 0.29) is 16.1 Å². The van der Waals surface area contributed by atoms with Crippen molar-refractivity contribution in [1.82, 2.24) is 25.3 Å². The van der Waals surface area contributed by atoms with Gasteiger partial charge >= 0.3 is 6.03 Å². The normalized spacial score (nSPS) is 18.2. The van der Waals surface area contributed by atoms with Crippen LogP contribution in [0.25, 0.3) is 11.4 Å². The van der Waals surface area contributed by atoms with Crippen molar-refractivity contribution >= 4 is 45.9 Å². The number of aromatic nitrogens is 4. The first-order chi connectivity index (χ1) is 17.9. The van der Waals surface area contributed by atoms with Gasteiger partial charge in [-0.25, -0.2) is 24.7 Å².